The Hall–Kier alpha value is -1.90. The van der Waals surface area contributed by atoms with Crippen molar-refractivity contribution < 1.29 is 9.90 Å². The largest absolute Gasteiger partial charge is 0.478 e. The Balaban J connectivity index is 2.80. The van der Waals surface area contributed by atoms with E-state index in [1.807, 2.05) is 6.07 Å². The highest BCUT2D eigenvalue weighted by molar-refractivity contribution is 5.87. The lowest BCUT2D eigenvalue weighted by molar-refractivity contribution is -0.132. The van der Waals surface area contributed by atoms with E-state index >= 15 is 0 Å². The Morgan fingerprint density at radius 1 is 1.57 bits per heavy atom. The van der Waals surface area contributed by atoms with Gasteiger partial charge in [0.05, 0.1) is 0 Å². The van der Waals surface area contributed by atoms with Crippen LogP contribution in [0.3, 0.4) is 0 Å². The van der Waals surface area contributed by atoms with Crippen molar-refractivity contribution in [3.05, 3.63) is 54.4 Å². The average molecular weight is 189 g/mol. The van der Waals surface area contributed by atoms with Gasteiger partial charge in [-0.25, -0.2) is 4.79 Å². The normalized spacial score (nSPS) is 11.0. The van der Waals surface area contributed by atoms with Gasteiger partial charge in [-0.3, -0.25) is 4.98 Å². The predicted molar refractivity (Wildman–Crippen MR) is 53.9 cm³/mol. The molecule has 0 fully saturated rings. The number of carboxylic acid groups (broad SMARTS) is 1. The van der Waals surface area contributed by atoms with E-state index in [0.717, 1.165) is 5.69 Å². The number of carboxylic acids is 1. The summed E-state index contributed by atoms with van der Waals surface area (Å²) in [6, 6.07) is 5.41. The topological polar surface area (TPSA) is 50.2 Å². The van der Waals surface area contributed by atoms with Crippen LogP contribution < -0.4 is 0 Å². The zero-order valence-electron chi connectivity index (χ0n) is 7.68. The number of aromatic nitrogens is 1. The highest BCUT2D eigenvalue weighted by Crippen LogP contribution is 2.05. The number of pyridine rings is 1. The van der Waals surface area contributed by atoms with Gasteiger partial charge in [-0.2, -0.15) is 0 Å². The van der Waals surface area contributed by atoms with Gasteiger partial charge in [0.1, 0.15) is 0 Å². The fraction of sp³-hybridized carbons (Fsp3) is 0.0909. The van der Waals surface area contributed by atoms with E-state index in [0.29, 0.717) is 12.0 Å². The molecule has 3 heteroatoms. The maximum Gasteiger partial charge on any atom is 0.331 e. The van der Waals surface area contributed by atoms with Crippen molar-refractivity contribution >= 4 is 5.97 Å². The third-order valence-corrected chi connectivity index (χ3v) is 1.69. The Morgan fingerprint density at radius 2 is 2.36 bits per heavy atom. The minimum Gasteiger partial charge on any atom is -0.478 e. The van der Waals surface area contributed by atoms with Crippen LogP contribution >= 0.6 is 0 Å². The summed E-state index contributed by atoms with van der Waals surface area (Å²) < 4.78 is 0. The number of carbonyl (C=O) groups is 1. The highest BCUT2D eigenvalue weighted by Gasteiger charge is 2.07. The van der Waals surface area contributed by atoms with Crippen LogP contribution in [-0.2, 0) is 11.2 Å². The molecule has 0 atom stereocenters. The van der Waals surface area contributed by atoms with Crippen LogP contribution in [0.1, 0.15) is 5.69 Å². The first kappa shape index (κ1) is 10.2. The molecule has 0 aliphatic carbocycles. The Labute approximate surface area is 82.4 Å². The molecule has 0 spiro atoms. The summed E-state index contributed by atoms with van der Waals surface area (Å²) in [6.07, 6.45) is 4.91. The predicted octanol–water partition coefficient (Wildman–Crippen LogP) is 1.82. The van der Waals surface area contributed by atoms with Crippen LogP contribution in [0.15, 0.2) is 48.7 Å². The Morgan fingerprint density at radius 3 is 2.86 bits per heavy atom. The number of allylic oxidation sites excluding steroid dienone is 2. The lowest BCUT2D eigenvalue weighted by atomic mass is 10.1. The number of hydrogen-bond donors (Lipinski definition) is 1. The lowest BCUT2D eigenvalue weighted by Gasteiger charge is -2.00. The molecule has 14 heavy (non-hydrogen) atoms. The molecule has 3 nitrogen and oxygen atoms in total. The van der Waals surface area contributed by atoms with E-state index in [-0.39, 0.29) is 0 Å². The Bertz CT molecular complexity index is 355. The molecule has 72 valence electrons. The van der Waals surface area contributed by atoms with Gasteiger partial charge in [0.25, 0.3) is 0 Å². The van der Waals surface area contributed by atoms with Gasteiger partial charge in [0.15, 0.2) is 0 Å². The highest BCUT2D eigenvalue weighted by atomic mass is 16.4. The van der Waals surface area contributed by atoms with Gasteiger partial charge in [0.2, 0.25) is 0 Å². The molecule has 1 aromatic heterocycles. The van der Waals surface area contributed by atoms with Crippen molar-refractivity contribution in [1.29, 1.82) is 0 Å². The molecule has 0 saturated carbocycles. The van der Waals surface area contributed by atoms with Crippen molar-refractivity contribution in [3.8, 4) is 0 Å². The first-order chi connectivity index (χ1) is 6.74. The molecular formula is C11H11NO2. The molecule has 0 bridgehead atoms. The third kappa shape index (κ3) is 2.86. The van der Waals surface area contributed by atoms with Crippen molar-refractivity contribution in [2.75, 3.05) is 0 Å². The first-order valence-corrected chi connectivity index (χ1v) is 4.19. The van der Waals surface area contributed by atoms with Crippen molar-refractivity contribution in [2.24, 2.45) is 0 Å². The van der Waals surface area contributed by atoms with E-state index in [1.165, 1.54) is 12.2 Å². The number of hydrogen-bond acceptors (Lipinski definition) is 2. The number of rotatable bonds is 4. The fourth-order valence-electron chi connectivity index (χ4n) is 1.05. The van der Waals surface area contributed by atoms with E-state index in [1.54, 1.807) is 18.3 Å². The van der Waals surface area contributed by atoms with E-state index in [4.69, 9.17) is 5.11 Å². The lowest BCUT2D eigenvalue weighted by Crippen LogP contribution is -2.04. The van der Waals surface area contributed by atoms with Crippen LogP contribution in [0, 0.1) is 0 Å². The minimum absolute atomic E-state index is 0.290. The van der Waals surface area contributed by atoms with E-state index in [2.05, 4.69) is 11.6 Å². The van der Waals surface area contributed by atoms with Gasteiger partial charge >= 0.3 is 5.97 Å². The minimum atomic E-state index is -0.935. The monoisotopic (exact) mass is 189 g/mol. The molecule has 0 aliphatic rings. The molecule has 1 heterocycles. The van der Waals surface area contributed by atoms with Gasteiger partial charge in [-0.1, -0.05) is 24.8 Å². The second kappa shape index (κ2) is 4.97. The summed E-state index contributed by atoms with van der Waals surface area (Å²) >= 11 is 0. The van der Waals surface area contributed by atoms with Gasteiger partial charge in [-0.15, -0.1) is 0 Å². The van der Waals surface area contributed by atoms with Gasteiger partial charge in [-0.05, 0) is 12.1 Å². The molecular weight excluding hydrogens is 178 g/mol. The molecule has 1 aromatic rings. The molecule has 0 aliphatic heterocycles. The summed E-state index contributed by atoms with van der Waals surface area (Å²) in [4.78, 5) is 14.8. The average Bonchev–Trinajstić information content (AvgIpc) is 2.18. The second-order valence-corrected chi connectivity index (χ2v) is 2.73. The standard InChI is InChI=1S/C11H11NO2/c1-2-5-9(11(13)14)8-10-6-3-4-7-12-10/h2-7H,1,8H2,(H,13,14). The maximum atomic E-state index is 10.7. The van der Waals surface area contributed by atoms with Crippen molar-refractivity contribution in [1.82, 2.24) is 4.98 Å². The Kier molecular flexibility index (Phi) is 3.61. The summed E-state index contributed by atoms with van der Waals surface area (Å²) in [5, 5.41) is 8.82. The van der Waals surface area contributed by atoms with Gasteiger partial charge in [0, 0.05) is 23.9 Å². The summed E-state index contributed by atoms with van der Waals surface area (Å²) in [5.74, 6) is -0.935. The maximum absolute atomic E-state index is 10.7. The summed E-state index contributed by atoms with van der Waals surface area (Å²) in [6.45, 7) is 3.46. The molecule has 1 N–H and O–H groups in total. The molecule has 1 rings (SSSR count). The fourth-order valence-corrected chi connectivity index (χ4v) is 1.05. The molecule has 0 aromatic carbocycles. The number of nitrogens with zero attached hydrogens (tertiary/aromatic N) is 1. The first-order valence-electron chi connectivity index (χ1n) is 4.19. The molecule has 0 radical (unpaired) electrons. The van der Waals surface area contributed by atoms with E-state index in [9.17, 15) is 4.79 Å². The summed E-state index contributed by atoms with van der Waals surface area (Å²) in [7, 11) is 0. The zero-order valence-corrected chi connectivity index (χ0v) is 7.68. The molecule has 0 unspecified atom stereocenters. The smallest absolute Gasteiger partial charge is 0.331 e. The van der Waals surface area contributed by atoms with Crippen LogP contribution in [0.25, 0.3) is 0 Å². The van der Waals surface area contributed by atoms with Crippen molar-refractivity contribution in [3.63, 3.8) is 0 Å². The molecule has 0 amide bonds. The van der Waals surface area contributed by atoms with E-state index < -0.39 is 5.97 Å². The van der Waals surface area contributed by atoms with Crippen molar-refractivity contribution in [2.45, 2.75) is 6.42 Å². The van der Waals surface area contributed by atoms with Crippen LogP contribution in [0.5, 0.6) is 0 Å². The number of aliphatic carboxylic acids is 1. The third-order valence-electron chi connectivity index (χ3n) is 1.69. The SMILES string of the molecule is C=CC=C(Cc1ccccn1)C(=O)O. The molecule has 0 saturated heterocycles. The quantitative estimate of drug-likeness (QED) is 0.580. The van der Waals surface area contributed by atoms with Crippen LogP contribution in [0.4, 0.5) is 0 Å². The second-order valence-electron chi connectivity index (χ2n) is 2.73. The van der Waals surface area contributed by atoms with Gasteiger partial charge < -0.3 is 5.11 Å². The van der Waals surface area contributed by atoms with Crippen LogP contribution in [0.2, 0.25) is 0 Å². The zero-order chi connectivity index (χ0) is 10.4. The summed E-state index contributed by atoms with van der Waals surface area (Å²) in [5.41, 5.74) is 1.03. The van der Waals surface area contributed by atoms with Crippen LogP contribution in [-0.4, -0.2) is 16.1 Å².